The normalized spacial score (nSPS) is 20.7. The maximum absolute atomic E-state index is 12.2. The van der Waals surface area contributed by atoms with E-state index in [0.717, 1.165) is 44.3 Å². The lowest BCUT2D eigenvalue weighted by Crippen LogP contribution is -2.30. The molecular formula is C15H20N2O. The highest BCUT2D eigenvalue weighted by Gasteiger charge is 2.26. The predicted molar refractivity (Wildman–Crippen MR) is 71.8 cm³/mol. The van der Waals surface area contributed by atoms with Gasteiger partial charge in [0, 0.05) is 11.6 Å². The van der Waals surface area contributed by atoms with Gasteiger partial charge < -0.3 is 10.6 Å². The van der Waals surface area contributed by atoms with Gasteiger partial charge in [0.25, 0.3) is 5.91 Å². The van der Waals surface area contributed by atoms with E-state index >= 15 is 0 Å². The first kappa shape index (κ1) is 11.7. The highest BCUT2D eigenvalue weighted by atomic mass is 16.1. The fourth-order valence-electron chi connectivity index (χ4n) is 2.68. The van der Waals surface area contributed by atoms with E-state index in [1.54, 1.807) is 0 Å². The molecule has 2 N–H and O–H groups in total. The third kappa shape index (κ3) is 2.56. The molecule has 1 amide bonds. The average Bonchev–Trinajstić information content (AvgIpc) is 3.24. The topological polar surface area (TPSA) is 41.1 Å². The van der Waals surface area contributed by atoms with E-state index < -0.39 is 0 Å². The minimum Gasteiger partial charge on any atom is -0.349 e. The van der Waals surface area contributed by atoms with Crippen molar-refractivity contribution in [2.24, 2.45) is 0 Å². The summed E-state index contributed by atoms with van der Waals surface area (Å²) in [5, 5.41) is 6.47. The van der Waals surface area contributed by atoms with E-state index in [2.05, 4.69) is 16.7 Å². The summed E-state index contributed by atoms with van der Waals surface area (Å²) in [6.07, 6.45) is 4.55. The molecule has 0 unspecified atom stereocenters. The van der Waals surface area contributed by atoms with Crippen molar-refractivity contribution in [1.82, 2.24) is 10.6 Å². The third-order valence-electron chi connectivity index (χ3n) is 3.90. The largest absolute Gasteiger partial charge is 0.349 e. The smallest absolute Gasteiger partial charge is 0.251 e. The van der Waals surface area contributed by atoms with Crippen molar-refractivity contribution in [2.75, 3.05) is 13.1 Å². The fraction of sp³-hybridized carbons (Fsp3) is 0.533. The Morgan fingerprint density at radius 3 is 2.56 bits per heavy atom. The van der Waals surface area contributed by atoms with Gasteiger partial charge in [-0.15, -0.1) is 0 Å². The van der Waals surface area contributed by atoms with Crippen LogP contribution < -0.4 is 10.6 Å². The first-order valence-electron chi connectivity index (χ1n) is 6.95. The third-order valence-corrected chi connectivity index (χ3v) is 3.90. The van der Waals surface area contributed by atoms with Gasteiger partial charge in [0.1, 0.15) is 0 Å². The zero-order chi connectivity index (χ0) is 12.4. The second kappa shape index (κ2) is 5.11. The highest BCUT2D eigenvalue weighted by Crippen LogP contribution is 2.28. The summed E-state index contributed by atoms with van der Waals surface area (Å²) in [6.45, 7) is 2.12. The van der Waals surface area contributed by atoms with Crippen LogP contribution in [0, 0.1) is 0 Å². The van der Waals surface area contributed by atoms with Crippen LogP contribution in [0.3, 0.4) is 0 Å². The number of hydrogen-bond donors (Lipinski definition) is 2. The van der Waals surface area contributed by atoms with Gasteiger partial charge in [-0.05, 0) is 56.3 Å². The van der Waals surface area contributed by atoms with Crippen molar-refractivity contribution in [3.63, 3.8) is 0 Å². The first-order valence-corrected chi connectivity index (χ1v) is 6.95. The molecule has 18 heavy (non-hydrogen) atoms. The Morgan fingerprint density at radius 2 is 1.83 bits per heavy atom. The van der Waals surface area contributed by atoms with Crippen molar-refractivity contribution in [1.29, 1.82) is 0 Å². The average molecular weight is 244 g/mol. The lowest BCUT2D eigenvalue weighted by Gasteiger charge is -2.24. The lowest BCUT2D eigenvalue weighted by molar-refractivity contribution is 0.0949. The number of amides is 1. The van der Waals surface area contributed by atoms with E-state index in [-0.39, 0.29) is 5.91 Å². The van der Waals surface area contributed by atoms with Crippen molar-refractivity contribution >= 4 is 5.91 Å². The van der Waals surface area contributed by atoms with E-state index in [4.69, 9.17) is 0 Å². The number of hydrogen-bond acceptors (Lipinski definition) is 2. The van der Waals surface area contributed by atoms with Crippen LogP contribution in [0.15, 0.2) is 24.3 Å². The monoisotopic (exact) mass is 244 g/mol. The second-order valence-corrected chi connectivity index (χ2v) is 5.36. The predicted octanol–water partition coefficient (Wildman–Crippen LogP) is 2.05. The lowest BCUT2D eigenvalue weighted by atomic mass is 9.87. The molecule has 1 saturated heterocycles. The molecule has 1 aliphatic heterocycles. The first-order chi connectivity index (χ1) is 8.84. The highest BCUT2D eigenvalue weighted by molar-refractivity contribution is 5.96. The molecule has 3 nitrogen and oxygen atoms in total. The molecule has 1 heterocycles. The van der Waals surface area contributed by atoms with Crippen molar-refractivity contribution in [3.05, 3.63) is 35.4 Å². The number of piperidine rings is 1. The summed E-state index contributed by atoms with van der Waals surface area (Å²) in [5.74, 6) is 0.652. The van der Waals surface area contributed by atoms with Crippen LogP contribution in [0.25, 0.3) is 0 Å². The minimum absolute atomic E-state index is 0.117. The molecule has 2 fully saturated rings. The molecule has 1 aliphatic carbocycles. The summed E-state index contributed by atoms with van der Waals surface area (Å²) in [5.41, 5.74) is 2.12. The Bertz CT molecular complexity index is 434. The van der Waals surface area contributed by atoms with Crippen LogP contribution in [-0.2, 0) is 0 Å². The number of rotatable bonds is 3. The van der Waals surface area contributed by atoms with Gasteiger partial charge >= 0.3 is 0 Å². The fourth-order valence-corrected chi connectivity index (χ4v) is 2.68. The molecule has 3 heteroatoms. The summed E-state index contributed by atoms with van der Waals surface area (Å²) in [7, 11) is 0. The Balaban J connectivity index is 1.81. The van der Waals surface area contributed by atoms with Gasteiger partial charge in [-0.25, -0.2) is 0 Å². The van der Waals surface area contributed by atoms with Crippen molar-refractivity contribution < 1.29 is 4.79 Å². The summed E-state index contributed by atoms with van der Waals surface area (Å²) >= 11 is 0. The van der Waals surface area contributed by atoms with E-state index in [9.17, 15) is 4.79 Å². The summed E-state index contributed by atoms with van der Waals surface area (Å²) in [6, 6.07) is 8.53. The Kier molecular flexibility index (Phi) is 3.33. The Morgan fingerprint density at radius 1 is 1.11 bits per heavy atom. The number of carbonyl (C=O) groups is 1. The molecule has 1 aromatic carbocycles. The maximum Gasteiger partial charge on any atom is 0.251 e. The van der Waals surface area contributed by atoms with Gasteiger partial charge in [-0.2, -0.15) is 0 Å². The molecule has 3 rings (SSSR count). The van der Waals surface area contributed by atoms with Gasteiger partial charge in [0.15, 0.2) is 0 Å². The van der Waals surface area contributed by atoms with Crippen molar-refractivity contribution in [2.45, 2.75) is 37.6 Å². The standard InChI is InChI=1S/C15H20N2O/c18-15(17-12-5-6-12)14-4-2-1-3-13(14)11-7-9-16-10-8-11/h1-4,11-12,16H,5-10H2,(H,17,18). The number of carbonyl (C=O) groups excluding carboxylic acids is 1. The van der Waals surface area contributed by atoms with Gasteiger partial charge in [0.2, 0.25) is 0 Å². The van der Waals surface area contributed by atoms with Gasteiger partial charge in [-0.1, -0.05) is 18.2 Å². The van der Waals surface area contributed by atoms with E-state index in [1.165, 1.54) is 5.56 Å². The summed E-state index contributed by atoms with van der Waals surface area (Å²) in [4.78, 5) is 12.2. The molecule has 0 radical (unpaired) electrons. The maximum atomic E-state index is 12.2. The Hall–Kier alpha value is -1.35. The molecule has 96 valence electrons. The van der Waals surface area contributed by atoms with Crippen LogP contribution in [0.1, 0.15) is 47.5 Å². The molecule has 1 saturated carbocycles. The molecule has 1 aromatic rings. The zero-order valence-electron chi connectivity index (χ0n) is 10.6. The molecule has 0 atom stereocenters. The van der Waals surface area contributed by atoms with Crippen LogP contribution in [0.4, 0.5) is 0 Å². The molecule has 2 aliphatic rings. The van der Waals surface area contributed by atoms with Crippen LogP contribution in [0.2, 0.25) is 0 Å². The summed E-state index contributed by atoms with van der Waals surface area (Å²) < 4.78 is 0. The van der Waals surface area contributed by atoms with E-state index in [1.807, 2.05) is 18.2 Å². The number of nitrogens with one attached hydrogen (secondary N) is 2. The Labute approximate surface area is 108 Å². The SMILES string of the molecule is O=C(NC1CC1)c1ccccc1C1CCNCC1. The molecule has 0 bridgehead atoms. The van der Waals surface area contributed by atoms with E-state index in [0.29, 0.717) is 12.0 Å². The molecule has 0 spiro atoms. The quantitative estimate of drug-likeness (QED) is 0.854. The van der Waals surface area contributed by atoms with Crippen LogP contribution in [-0.4, -0.2) is 25.0 Å². The van der Waals surface area contributed by atoms with Gasteiger partial charge in [-0.3, -0.25) is 4.79 Å². The second-order valence-electron chi connectivity index (χ2n) is 5.36. The van der Waals surface area contributed by atoms with Crippen molar-refractivity contribution in [3.8, 4) is 0 Å². The number of benzene rings is 1. The van der Waals surface area contributed by atoms with Crippen LogP contribution >= 0.6 is 0 Å². The molecule has 0 aromatic heterocycles. The molecular weight excluding hydrogens is 224 g/mol. The zero-order valence-corrected chi connectivity index (χ0v) is 10.6. The van der Waals surface area contributed by atoms with Crippen LogP contribution in [0.5, 0.6) is 0 Å². The minimum atomic E-state index is 0.117. The van der Waals surface area contributed by atoms with Gasteiger partial charge in [0.05, 0.1) is 0 Å².